The van der Waals surface area contributed by atoms with Crippen LogP contribution < -0.4 is 4.74 Å². The van der Waals surface area contributed by atoms with Gasteiger partial charge in [-0.15, -0.1) is 6.58 Å². The molecule has 0 unspecified atom stereocenters. The Morgan fingerprint density at radius 3 is 1.76 bits per heavy atom. The zero-order valence-corrected chi connectivity index (χ0v) is 20.7. The van der Waals surface area contributed by atoms with Crippen LogP contribution in [0.1, 0.15) is 37.4 Å². The van der Waals surface area contributed by atoms with Crippen molar-refractivity contribution in [2.75, 3.05) is 6.61 Å². The number of phenolic OH excluding ortho intramolecular Hbond substituents is 3. The number of ether oxygens (including phenoxy) is 1. The van der Waals surface area contributed by atoms with Crippen LogP contribution >= 0.6 is 0 Å². The second-order valence-electron chi connectivity index (χ2n) is 8.12. The van der Waals surface area contributed by atoms with Gasteiger partial charge in [-0.25, -0.2) is 0 Å². The summed E-state index contributed by atoms with van der Waals surface area (Å²) in [5.41, 5.74) is 1.79. The average Bonchev–Trinajstić information content (AvgIpc) is 2.95. The van der Waals surface area contributed by atoms with E-state index >= 15 is 0 Å². The quantitative estimate of drug-likeness (QED) is 0.182. The molecule has 3 N–H and O–H groups in total. The van der Waals surface area contributed by atoms with Gasteiger partial charge in [0.15, 0.2) is 11.6 Å². The number of benzene rings is 4. The summed E-state index contributed by atoms with van der Waals surface area (Å²) in [4.78, 5) is 24.4. The van der Waals surface area contributed by atoms with Crippen LogP contribution in [-0.4, -0.2) is 33.5 Å². The molecule has 0 aliphatic carbocycles. The Hall–Kier alpha value is -5.10. The number of rotatable bonds is 9. The van der Waals surface area contributed by atoms with E-state index in [9.17, 15) is 24.9 Å². The Kier molecular flexibility index (Phi) is 9.60. The first-order valence-corrected chi connectivity index (χ1v) is 11.8. The molecule has 0 amide bonds. The van der Waals surface area contributed by atoms with Gasteiger partial charge >= 0.3 is 0 Å². The summed E-state index contributed by atoms with van der Waals surface area (Å²) in [5.74, 6) is -0.301. The van der Waals surface area contributed by atoms with Gasteiger partial charge in [-0.1, -0.05) is 79.4 Å². The molecule has 6 heteroatoms. The van der Waals surface area contributed by atoms with Gasteiger partial charge in [0.1, 0.15) is 29.6 Å². The summed E-state index contributed by atoms with van der Waals surface area (Å²) < 4.78 is 5.29. The Labute approximate surface area is 221 Å². The Bertz CT molecular complexity index is 1430. The number of hydrogen-bond acceptors (Lipinski definition) is 6. The lowest BCUT2D eigenvalue weighted by molar-refractivity contribution is 0.102. The number of allylic oxidation sites excluding steroid dienone is 1. The van der Waals surface area contributed by atoms with Crippen molar-refractivity contribution in [1.29, 1.82) is 0 Å². The maximum atomic E-state index is 12.3. The molecule has 6 nitrogen and oxygen atoms in total. The van der Waals surface area contributed by atoms with Crippen molar-refractivity contribution >= 4 is 11.6 Å². The zero-order chi connectivity index (χ0) is 27.5. The summed E-state index contributed by atoms with van der Waals surface area (Å²) in [6.07, 6.45) is 3.47. The molecule has 0 spiro atoms. The predicted octanol–water partition coefficient (Wildman–Crippen LogP) is 6.25. The SMILES string of the molecule is C=CCOc1ccc(C(=O)c2ccccc2)c(O)c1.C=CCc1c(O)ccc(C(=O)c2ccccc2)c1O. The van der Waals surface area contributed by atoms with E-state index in [1.165, 1.54) is 18.2 Å². The highest BCUT2D eigenvalue weighted by molar-refractivity contribution is 6.11. The molecule has 4 aromatic rings. The van der Waals surface area contributed by atoms with Crippen molar-refractivity contribution in [3.8, 4) is 23.0 Å². The molecular weight excluding hydrogens is 480 g/mol. The van der Waals surface area contributed by atoms with Crippen LogP contribution in [0.25, 0.3) is 0 Å². The second-order valence-corrected chi connectivity index (χ2v) is 8.12. The number of carbonyl (C=O) groups is 2. The van der Waals surface area contributed by atoms with Gasteiger partial charge in [0, 0.05) is 22.8 Å². The van der Waals surface area contributed by atoms with Crippen LogP contribution in [0.15, 0.2) is 116 Å². The van der Waals surface area contributed by atoms with Crippen molar-refractivity contribution in [3.63, 3.8) is 0 Å². The number of ketones is 2. The third-order valence-corrected chi connectivity index (χ3v) is 5.50. The zero-order valence-electron chi connectivity index (χ0n) is 20.7. The van der Waals surface area contributed by atoms with Crippen molar-refractivity contribution < 1.29 is 29.6 Å². The fourth-order valence-electron chi connectivity index (χ4n) is 3.59. The first kappa shape index (κ1) is 27.5. The topological polar surface area (TPSA) is 104 Å². The molecule has 0 aromatic heterocycles. The smallest absolute Gasteiger partial charge is 0.196 e. The van der Waals surface area contributed by atoms with Crippen molar-refractivity contribution in [3.05, 3.63) is 144 Å². The van der Waals surface area contributed by atoms with Crippen LogP contribution in [0.3, 0.4) is 0 Å². The lowest BCUT2D eigenvalue weighted by Gasteiger charge is -2.09. The predicted molar refractivity (Wildman–Crippen MR) is 147 cm³/mol. The molecule has 0 saturated heterocycles. The molecule has 0 bridgehead atoms. The van der Waals surface area contributed by atoms with Gasteiger partial charge in [-0.2, -0.15) is 0 Å². The average molecular weight is 509 g/mol. The molecule has 0 radical (unpaired) electrons. The Morgan fingerprint density at radius 1 is 0.684 bits per heavy atom. The van der Waals surface area contributed by atoms with Gasteiger partial charge in [0.2, 0.25) is 0 Å². The van der Waals surface area contributed by atoms with Crippen molar-refractivity contribution in [1.82, 2.24) is 0 Å². The highest BCUT2D eigenvalue weighted by Crippen LogP contribution is 2.32. The maximum absolute atomic E-state index is 12.3. The molecule has 0 heterocycles. The molecule has 4 aromatic carbocycles. The third kappa shape index (κ3) is 6.77. The first-order chi connectivity index (χ1) is 18.4. The molecule has 192 valence electrons. The number of carbonyl (C=O) groups excluding carboxylic acids is 2. The molecule has 38 heavy (non-hydrogen) atoms. The third-order valence-electron chi connectivity index (χ3n) is 5.50. The lowest BCUT2D eigenvalue weighted by Crippen LogP contribution is -2.03. The van der Waals surface area contributed by atoms with Gasteiger partial charge in [0.05, 0.1) is 11.1 Å². The standard InChI is InChI=1S/2C16H14O3/c1-2-10-19-13-8-9-14(15(17)11-13)16(18)12-6-4-3-5-7-12;1-2-6-12-14(17)10-9-13(16(12)19)15(18)11-7-4-3-5-8-11/h2-9,11,17H,1,10H2;2-5,7-10,17,19H,1,6H2. The minimum absolute atomic E-state index is 0.0398. The van der Waals surface area contributed by atoms with Gasteiger partial charge in [0.25, 0.3) is 0 Å². The van der Waals surface area contributed by atoms with Crippen LogP contribution in [0.5, 0.6) is 23.0 Å². The Morgan fingerprint density at radius 2 is 1.24 bits per heavy atom. The highest BCUT2D eigenvalue weighted by Gasteiger charge is 2.18. The van der Waals surface area contributed by atoms with E-state index in [2.05, 4.69) is 13.2 Å². The number of phenols is 3. The normalized spacial score (nSPS) is 10.0. The molecule has 4 rings (SSSR count). The molecular formula is C32H28O6. The van der Waals surface area contributed by atoms with Crippen molar-refractivity contribution in [2.45, 2.75) is 6.42 Å². The van der Waals surface area contributed by atoms with Gasteiger partial charge in [-0.3, -0.25) is 9.59 Å². The summed E-state index contributed by atoms with van der Waals surface area (Å²) >= 11 is 0. The van der Waals surface area contributed by atoms with E-state index in [1.54, 1.807) is 72.8 Å². The molecule has 0 saturated carbocycles. The van der Waals surface area contributed by atoms with Crippen LogP contribution in [0.2, 0.25) is 0 Å². The van der Waals surface area contributed by atoms with Crippen molar-refractivity contribution in [2.24, 2.45) is 0 Å². The maximum Gasteiger partial charge on any atom is 0.196 e. The van der Waals surface area contributed by atoms with Crippen LogP contribution in [0, 0.1) is 0 Å². The van der Waals surface area contributed by atoms with Gasteiger partial charge in [-0.05, 0) is 30.7 Å². The minimum Gasteiger partial charge on any atom is -0.508 e. The van der Waals surface area contributed by atoms with E-state index in [0.717, 1.165) is 0 Å². The molecule has 0 aliphatic rings. The molecule has 0 aliphatic heterocycles. The number of hydrogen-bond donors (Lipinski definition) is 3. The second kappa shape index (κ2) is 13.3. The summed E-state index contributed by atoms with van der Waals surface area (Å²) in [5, 5.41) is 29.7. The Balaban J connectivity index is 0.000000211. The summed E-state index contributed by atoms with van der Waals surface area (Å²) in [7, 11) is 0. The van der Waals surface area contributed by atoms with E-state index in [-0.39, 0.29) is 39.9 Å². The highest BCUT2D eigenvalue weighted by atomic mass is 16.5. The van der Waals surface area contributed by atoms with E-state index < -0.39 is 0 Å². The van der Waals surface area contributed by atoms with E-state index in [4.69, 9.17) is 4.74 Å². The van der Waals surface area contributed by atoms with Crippen LogP contribution in [0.4, 0.5) is 0 Å². The van der Waals surface area contributed by atoms with E-state index in [1.807, 2.05) is 12.1 Å². The van der Waals surface area contributed by atoms with Gasteiger partial charge < -0.3 is 20.1 Å². The summed E-state index contributed by atoms with van der Waals surface area (Å²) in [6.45, 7) is 7.46. The number of aromatic hydroxyl groups is 3. The minimum atomic E-state index is -0.275. The fourth-order valence-corrected chi connectivity index (χ4v) is 3.59. The largest absolute Gasteiger partial charge is 0.508 e. The monoisotopic (exact) mass is 508 g/mol. The lowest BCUT2D eigenvalue weighted by atomic mass is 9.98. The fraction of sp³-hybridized carbons (Fsp3) is 0.0625. The van der Waals surface area contributed by atoms with E-state index in [0.29, 0.717) is 35.5 Å². The molecule has 0 fully saturated rings. The summed E-state index contributed by atoms with van der Waals surface area (Å²) in [6, 6.07) is 25.0. The van der Waals surface area contributed by atoms with Crippen LogP contribution in [-0.2, 0) is 6.42 Å². The first-order valence-electron chi connectivity index (χ1n) is 11.8. The molecule has 0 atom stereocenters.